The maximum Gasteiger partial charge on any atom is 0.317 e. The van der Waals surface area contributed by atoms with Gasteiger partial charge in [-0.3, -0.25) is 0 Å². The number of hydrogen-bond acceptors (Lipinski definition) is 2. The molecule has 1 aliphatic heterocycles. The first-order valence-electron chi connectivity index (χ1n) is 9.26. The van der Waals surface area contributed by atoms with E-state index in [1.54, 1.807) is 12.1 Å². The van der Waals surface area contributed by atoms with Gasteiger partial charge in [-0.2, -0.15) is 0 Å². The number of nitrogens with zero attached hydrogens (tertiary/aromatic N) is 2. The van der Waals surface area contributed by atoms with Gasteiger partial charge in [0.05, 0.1) is 5.69 Å². The average Bonchev–Trinajstić information content (AvgIpc) is 3.49. The fourth-order valence-electron chi connectivity index (χ4n) is 3.73. The number of carbonyl (C=O) groups is 1. The third-order valence-electron chi connectivity index (χ3n) is 5.58. The number of para-hydroxylation sites is 1. The molecule has 2 fully saturated rings. The van der Waals surface area contributed by atoms with Crippen molar-refractivity contribution in [1.82, 2.24) is 10.2 Å². The van der Waals surface area contributed by atoms with E-state index in [0.29, 0.717) is 38.4 Å². The van der Waals surface area contributed by atoms with Crippen LogP contribution < -0.4 is 10.2 Å². The van der Waals surface area contributed by atoms with Crippen LogP contribution >= 0.6 is 0 Å². The predicted molar refractivity (Wildman–Crippen MR) is 101 cm³/mol. The molecule has 1 N–H and O–H groups in total. The first kappa shape index (κ1) is 16.9. The largest absolute Gasteiger partial charge is 0.366 e. The van der Waals surface area contributed by atoms with Crippen LogP contribution in [0.5, 0.6) is 0 Å². The van der Waals surface area contributed by atoms with Crippen molar-refractivity contribution in [3.8, 4) is 0 Å². The van der Waals surface area contributed by atoms with E-state index in [-0.39, 0.29) is 17.3 Å². The Morgan fingerprint density at radius 3 is 2.27 bits per heavy atom. The summed E-state index contributed by atoms with van der Waals surface area (Å²) in [6.07, 6.45) is 2.25. The number of nitrogens with one attached hydrogen (secondary N) is 1. The number of amides is 2. The quantitative estimate of drug-likeness (QED) is 0.915. The Kier molecular flexibility index (Phi) is 4.53. The van der Waals surface area contributed by atoms with E-state index < -0.39 is 0 Å². The zero-order valence-electron chi connectivity index (χ0n) is 14.8. The lowest BCUT2D eigenvalue weighted by atomic mass is 9.96. The van der Waals surface area contributed by atoms with Crippen molar-refractivity contribution in [3.05, 3.63) is 66.0 Å². The minimum absolute atomic E-state index is 0.0135. The van der Waals surface area contributed by atoms with Crippen molar-refractivity contribution in [2.75, 3.05) is 37.6 Å². The zero-order valence-corrected chi connectivity index (χ0v) is 14.8. The summed E-state index contributed by atoms with van der Waals surface area (Å²) in [5.41, 5.74) is 2.05. The van der Waals surface area contributed by atoms with Crippen LogP contribution in [0.15, 0.2) is 54.6 Å². The van der Waals surface area contributed by atoms with Crippen LogP contribution in [-0.4, -0.2) is 43.7 Å². The highest BCUT2D eigenvalue weighted by Crippen LogP contribution is 2.47. The molecule has 4 nitrogen and oxygen atoms in total. The lowest BCUT2D eigenvalue weighted by Gasteiger charge is -2.36. The Morgan fingerprint density at radius 1 is 0.962 bits per heavy atom. The Morgan fingerprint density at radius 2 is 1.62 bits per heavy atom. The Labute approximate surface area is 153 Å². The van der Waals surface area contributed by atoms with Crippen molar-refractivity contribution in [2.24, 2.45) is 0 Å². The summed E-state index contributed by atoms with van der Waals surface area (Å²) in [5.74, 6) is -0.205. The van der Waals surface area contributed by atoms with Crippen LogP contribution in [-0.2, 0) is 5.41 Å². The molecule has 0 unspecified atom stereocenters. The molecule has 1 heterocycles. The van der Waals surface area contributed by atoms with Crippen LogP contribution in [0.4, 0.5) is 14.9 Å². The number of urea groups is 1. The molecule has 1 saturated carbocycles. The van der Waals surface area contributed by atoms with Crippen molar-refractivity contribution in [3.63, 3.8) is 0 Å². The molecule has 0 radical (unpaired) electrons. The zero-order chi connectivity index (χ0) is 18.0. The standard InChI is InChI=1S/C21H24FN3O/c22-18-8-4-5-9-19(18)24-12-14-25(15-13-24)20(26)23-16-21(10-11-21)17-6-2-1-3-7-17/h1-9H,10-16H2,(H,23,26). The third-order valence-corrected chi connectivity index (χ3v) is 5.58. The van der Waals surface area contributed by atoms with Gasteiger partial charge in [-0.25, -0.2) is 9.18 Å². The highest BCUT2D eigenvalue weighted by molar-refractivity contribution is 5.75. The van der Waals surface area contributed by atoms with Gasteiger partial charge in [-0.1, -0.05) is 42.5 Å². The van der Waals surface area contributed by atoms with E-state index in [4.69, 9.17) is 0 Å². The van der Waals surface area contributed by atoms with Gasteiger partial charge < -0.3 is 15.1 Å². The molecule has 4 rings (SSSR count). The molecule has 0 aromatic heterocycles. The molecule has 26 heavy (non-hydrogen) atoms. The summed E-state index contributed by atoms with van der Waals surface area (Å²) in [7, 11) is 0. The first-order chi connectivity index (χ1) is 12.7. The molecule has 0 spiro atoms. The summed E-state index contributed by atoms with van der Waals surface area (Å²) in [6.45, 7) is 3.21. The number of hydrogen-bond donors (Lipinski definition) is 1. The molecule has 0 atom stereocenters. The average molecular weight is 353 g/mol. The van der Waals surface area contributed by atoms with E-state index in [1.165, 1.54) is 11.6 Å². The van der Waals surface area contributed by atoms with Gasteiger partial charge in [0.15, 0.2) is 0 Å². The van der Waals surface area contributed by atoms with Crippen LogP contribution in [0, 0.1) is 5.82 Å². The van der Waals surface area contributed by atoms with Crippen LogP contribution in [0.3, 0.4) is 0 Å². The predicted octanol–water partition coefficient (Wildman–Crippen LogP) is 3.39. The summed E-state index contributed by atoms with van der Waals surface area (Å²) in [6, 6.07) is 17.2. The van der Waals surface area contributed by atoms with Gasteiger partial charge in [0.25, 0.3) is 0 Å². The molecule has 0 bridgehead atoms. The van der Waals surface area contributed by atoms with Gasteiger partial charge in [0, 0.05) is 38.1 Å². The Hall–Kier alpha value is -2.56. The van der Waals surface area contributed by atoms with Crippen molar-refractivity contribution < 1.29 is 9.18 Å². The number of anilines is 1. The number of benzene rings is 2. The highest BCUT2D eigenvalue weighted by Gasteiger charge is 2.44. The monoisotopic (exact) mass is 353 g/mol. The van der Waals surface area contributed by atoms with Crippen molar-refractivity contribution >= 4 is 11.7 Å². The van der Waals surface area contributed by atoms with Crippen LogP contribution in [0.2, 0.25) is 0 Å². The molecule has 2 aromatic rings. The van der Waals surface area contributed by atoms with Gasteiger partial charge in [-0.15, -0.1) is 0 Å². The number of carbonyl (C=O) groups excluding carboxylic acids is 1. The summed E-state index contributed by atoms with van der Waals surface area (Å²) in [5, 5.41) is 3.11. The van der Waals surface area contributed by atoms with E-state index in [1.807, 2.05) is 21.9 Å². The summed E-state index contributed by atoms with van der Waals surface area (Å²) >= 11 is 0. The molecule has 2 amide bonds. The maximum absolute atomic E-state index is 13.9. The second kappa shape index (κ2) is 6.98. The number of piperazine rings is 1. The normalized spacial score (nSPS) is 18.5. The second-order valence-corrected chi connectivity index (χ2v) is 7.23. The third kappa shape index (κ3) is 3.39. The molecule has 5 heteroatoms. The molecule has 2 aliphatic rings. The van der Waals surface area contributed by atoms with Crippen molar-refractivity contribution in [2.45, 2.75) is 18.3 Å². The lowest BCUT2D eigenvalue weighted by Crippen LogP contribution is -2.52. The van der Waals surface area contributed by atoms with Gasteiger partial charge in [-0.05, 0) is 30.5 Å². The van der Waals surface area contributed by atoms with E-state index >= 15 is 0 Å². The van der Waals surface area contributed by atoms with Gasteiger partial charge in [0.2, 0.25) is 0 Å². The first-order valence-corrected chi connectivity index (χ1v) is 9.26. The molecular weight excluding hydrogens is 329 g/mol. The molecule has 136 valence electrons. The Balaban J connectivity index is 1.30. The van der Waals surface area contributed by atoms with Crippen molar-refractivity contribution in [1.29, 1.82) is 0 Å². The Bertz CT molecular complexity index is 768. The topological polar surface area (TPSA) is 35.6 Å². The fraction of sp³-hybridized carbons (Fsp3) is 0.381. The molecule has 1 aliphatic carbocycles. The fourth-order valence-corrected chi connectivity index (χ4v) is 3.73. The minimum atomic E-state index is -0.205. The minimum Gasteiger partial charge on any atom is -0.366 e. The number of halogens is 1. The molecule has 2 aromatic carbocycles. The molecule has 1 saturated heterocycles. The smallest absolute Gasteiger partial charge is 0.317 e. The summed E-state index contributed by atoms with van der Waals surface area (Å²) in [4.78, 5) is 16.4. The second-order valence-electron chi connectivity index (χ2n) is 7.23. The lowest BCUT2D eigenvalue weighted by molar-refractivity contribution is 0.193. The van der Waals surface area contributed by atoms with E-state index in [0.717, 1.165) is 12.8 Å². The SMILES string of the molecule is O=C(NCC1(c2ccccc2)CC1)N1CCN(c2ccccc2F)CC1. The maximum atomic E-state index is 13.9. The van der Waals surface area contributed by atoms with Crippen LogP contribution in [0.1, 0.15) is 18.4 Å². The number of rotatable bonds is 4. The highest BCUT2D eigenvalue weighted by atomic mass is 19.1. The van der Waals surface area contributed by atoms with E-state index in [9.17, 15) is 9.18 Å². The van der Waals surface area contributed by atoms with E-state index in [2.05, 4.69) is 29.6 Å². The van der Waals surface area contributed by atoms with Gasteiger partial charge in [0.1, 0.15) is 5.82 Å². The van der Waals surface area contributed by atoms with Gasteiger partial charge >= 0.3 is 6.03 Å². The summed E-state index contributed by atoms with van der Waals surface area (Å²) < 4.78 is 13.9. The van der Waals surface area contributed by atoms with Crippen LogP contribution in [0.25, 0.3) is 0 Å². The molecular formula is C21H24FN3O.